The molecule has 3 aromatic heterocycles. The molecule has 0 aliphatic heterocycles. The van der Waals surface area contributed by atoms with Gasteiger partial charge in [-0.2, -0.15) is 5.10 Å². The number of H-pyrrole nitrogens is 1. The van der Waals surface area contributed by atoms with Gasteiger partial charge in [0.2, 0.25) is 0 Å². The second-order valence-electron chi connectivity index (χ2n) is 3.63. The number of hydrogen-bond acceptors (Lipinski definition) is 6. The Labute approximate surface area is 110 Å². The van der Waals surface area contributed by atoms with Gasteiger partial charge >= 0.3 is 0 Å². The number of thiophene rings is 1. The number of rotatable bonds is 3. The number of aromatic nitrogens is 4. The van der Waals surface area contributed by atoms with Crippen LogP contribution in [0.4, 0.5) is 5.82 Å². The van der Waals surface area contributed by atoms with E-state index in [2.05, 4.69) is 25.1 Å². The quantitative estimate of drug-likeness (QED) is 0.770. The molecule has 0 fully saturated rings. The van der Waals surface area contributed by atoms with Crippen molar-refractivity contribution < 1.29 is 4.79 Å². The molecule has 0 spiro atoms. The van der Waals surface area contributed by atoms with Crippen LogP contribution in [0.3, 0.4) is 0 Å². The highest BCUT2D eigenvalue weighted by Crippen LogP contribution is 2.27. The number of aryl methyl sites for hydroxylation is 1. The van der Waals surface area contributed by atoms with Crippen LogP contribution in [0.15, 0.2) is 11.6 Å². The van der Waals surface area contributed by atoms with Gasteiger partial charge in [-0.05, 0) is 18.0 Å². The summed E-state index contributed by atoms with van der Waals surface area (Å²) in [6.07, 6.45) is 2.53. The molecule has 8 heteroatoms. The smallest absolute Gasteiger partial charge is 0.259 e. The number of anilines is 1. The van der Waals surface area contributed by atoms with E-state index in [1.165, 1.54) is 22.9 Å². The summed E-state index contributed by atoms with van der Waals surface area (Å²) in [5.41, 5.74) is 1.60. The van der Waals surface area contributed by atoms with Crippen molar-refractivity contribution in [3.05, 3.63) is 22.7 Å². The molecule has 0 bridgehead atoms. The second-order valence-corrected chi connectivity index (χ2v) is 5.25. The van der Waals surface area contributed by atoms with E-state index in [4.69, 9.17) is 0 Å². The van der Waals surface area contributed by atoms with Crippen LogP contribution in [0.25, 0.3) is 9.53 Å². The van der Waals surface area contributed by atoms with Gasteiger partial charge in [0.25, 0.3) is 5.91 Å². The summed E-state index contributed by atoms with van der Waals surface area (Å²) in [4.78, 5) is 12.9. The van der Waals surface area contributed by atoms with Crippen LogP contribution in [0.1, 0.15) is 22.8 Å². The van der Waals surface area contributed by atoms with E-state index in [0.717, 1.165) is 21.5 Å². The third kappa shape index (κ3) is 1.79. The zero-order chi connectivity index (χ0) is 12.5. The molecule has 0 saturated carbocycles. The fourth-order valence-corrected chi connectivity index (χ4v) is 3.33. The molecule has 18 heavy (non-hydrogen) atoms. The SMILES string of the molecule is CCc1cn[nH]c1NC(=O)c1csc2nnsc12. The number of nitrogens with one attached hydrogen (secondary N) is 2. The van der Waals surface area contributed by atoms with E-state index in [9.17, 15) is 4.79 Å². The number of carbonyl (C=O) groups is 1. The molecule has 1 amide bonds. The van der Waals surface area contributed by atoms with Gasteiger partial charge in [0, 0.05) is 10.9 Å². The molecule has 0 unspecified atom stereocenters. The highest BCUT2D eigenvalue weighted by Gasteiger charge is 2.16. The van der Waals surface area contributed by atoms with E-state index in [1.807, 2.05) is 6.92 Å². The molecule has 3 aromatic rings. The van der Waals surface area contributed by atoms with Crippen LogP contribution in [0.5, 0.6) is 0 Å². The first kappa shape index (κ1) is 11.3. The summed E-state index contributed by atoms with van der Waals surface area (Å²) in [5, 5.41) is 15.3. The molecule has 3 heterocycles. The van der Waals surface area contributed by atoms with Crippen molar-refractivity contribution in [1.29, 1.82) is 0 Å². The highest BCUT2D eigenvalue weighted by atomic mass is 32.1. The van der Waals surface area contributed by atoms with Crippen molar-refractivity contribution in [1.82, 2.24) is 19.8 Å². The van der Waals surface area contributed by atoms with E-state index in [-0.39, 0.29) is 5.91 Å². The maximum Gasteiger partial charge on any atom is 0.259 e. The average Bonchev–Trinajstić information content (AvgIpc) is 3.03. The summed E-state index contributed by atoms with van der Waals surface area (Å²) in [6.45, 7) is 2.01. The van der Waals surface area contributed by atoms with Crippen LogP contribution in [0.2, 0.25) is 0 Å². The van der Waals surface area contributed by atoms with Gasteiger partial charge < -0.3 is 5.32 Å². The average molecular weight is 279 g/mol. The molecule has 0 aliphatic rings. The first-order valence-electron chi connectivity index (χ1n) is 5.32. The maximum absolute atomic E-state index is 12.2. The van der Waals surface area contributed by atoms with Crippen molar-refractivity contribution >= 4 is 44.1 Å². The van der Waals surface area contributed by atoms with Crippen LogP contribution >= 0.6 is 22.9 Å². The molecule has 6 nitrogen and oxygen atoms in total. The van der Waals surface area contributed by atoms with Gasteiger partial charge in [-0.25, -0.2) is 0 Å². The van der Waals surface area contributed by atoms with Crippen LogP contribution in [-0.2, 0) is 6.42 Å². The fourth-order valence-electron chi connectivity index (χ4n) is 1.62. The van der Waals surface area contributed by atoms with Crippen molar-refractivity contribution in [2.75, 3.05) is 5.32 Å². The van der Waals surface area contributed by atoms with Crippen molar-refractivity contribution in [3.63, 3.8) is 0 Å². The lowest BCUT2D eigenvalue weighted by Gasteiger charge is -2.02. The molecule has 92 valence electrons. The van der Waals surface area contributed by atoms with Gasteiger partial charge in [-0.3, -0.25) is 9.89 Å². The highest BCUT2D eigenvalue weighted by molar-refractivity contribution is 7.24. The molecule has 0 aliphatic carbocycles. The van der Waals surface area contributed by atoms with Gasteiger partial charge in [-0.15, -0.1) is 16.4 Å². The summed E-state index contributed by atoms with van der Waals surface area (Å²) < 4.78 is 4.67. The molecular weight excluding hydrogens is 270 g/mol. The summed E-state index contributed by atoms with van der Waals surface area (Å²) >= 11 is 2.66. The number of hydrogen-bond donors (Lipinski definition) is 2. The maximum atomic E-state index is 12.2. The molecule has 0 radical (unpaired) electrons. The Bertz CT molecular complexity index is 698. The molecule has 2 N–H and O–H groups in total. The Kier molecular flexibility index (Phi) is 2.80. The van der Waals surface area contributed by atoms with Gasteiger partial charge in [0.1, 0.15) is 5.82 Å². The Hall–Kier alpha value is -1.80. The van der Waals surface area contributed by atoms with Crippen molar-refractivity contribution in [2.45, 2.75) is 13.3 Å². The zero-order valence-corrected chi connectivity index (χ0v) is 11.1. The summed E-state index contributed by atoms with van der Waals surface area (Å²) in [6, 6.07) is 0. The lowest BCUT2D eigenvalue weighted by Crippen LogP contribution is -2.12. The van der Waals surface area contributed by atoms with E-state index in [0.29, 0.717) is 11.4 Å². The molecule has 0 aromatic carbocycles. The Balaban J connectivity index is 1.90. The minimum Gasteiger partial charge on any atom is -0.307 e. The Morgan fingerprint density at radius 3 is 3.28 bits per heavy atom. The standard InChI is InChI=1S/C10H9N5OS2/c1-2-5-3-11-13-8(5)12-9(16)6-4-17-10-7(6)18-15-14-10/h3-4H,2H2,1H3,(H2,11,12,13,16). The minimum absolute atomic E-state index is 0.161. The van der Waals surface area contributed by atoms with Crippen LogP contribution in [-0.4, -0.2) is 25.7 Å². The third-order valence-corrected chi connectivity index (χ3v) is 4.32. The summed E-state index contributed by atoms with van der Waals surface area (Å²) in [5.74, 6) is 0.491. The Morgan fingerprint density at radius 2 is 2.44 bits per heavy atom. The lowest BCUT2D eigenvalue weighted by molar-refractivity contribution is 0.102. The van der Waals surface area contributed by atoms with Gasteiger partial charge in [0.15, 0.2) is 4.83 Å². The van der Waals surface area contributed by atoms with E-state index in [1.54, 1.807) is 11.6 Å². The molecule has 0 atom stereocenters. The first-order valence-corrected chi connectivity index (χ1v) is 6.98. The summed E-state index contributed by atoms with van der Waals surface area (Å²) in [7, 11) is 0. The van der Waals surface area contributed by atoms with Gasteiger partial charge in [0.05, 0.1) is 16.5 Å². The topological polar surface area (TPSA) is 83.6 Å². The fraction of sp³-hybridized carbons (Fsp3) is 0.200. The molecule has 3 rings (SSSR count). The molecular formula is C10H9N5OS2. The number of nitrogens with zero attached hydrogens (tertiary/aromatic N) is 3. The minimum atomic E-state index is -0.161. The third-order valence-electron chi connectivity index (χ3n) is 2.57. The van der Waals surface area contributed by atoms with Crippen LogP contribution < -0.4 is 5.32 Å². The lowest BCUT2D eigenvalue weighted by atomic mass is 10.2. The van der Waals surface area contributed by atoms with Crippen LogP contribution in [0, 0.1) is 0 Å². The normalized spacial score (nSPS) is 10.9. The Morgan fingerprint density at radius 1 is 1.56 bits per heavy atom. The van der Waals surface area contributed by atoms with E-state index >= 15 is 0 Å². The number of fused-ring (bicyclic) bond motifs is 1. The number of amides is 1. The predicted molar refractivity (Wildman–Crippen MR) is 71.2 cm³/mol. The zero-order valence-electron chi connectivity index (χ0n) is 9.43. The second kappa shape index (κ2) is 4.46. The van der Waals surface area contributed by atoms with Crippen molar-refractivity contribution in [3.8, 4) is 0 Å². The van der Waals surface area contributed by atoms with Crippen molar-refractivity contribution in [2.24, 2.45) is 0 Å². The molecule has 0 saturated heterocycles. The van der Waals surface area contributed by atoms with E-state index < -0.39 is 0 Å². The van der Waals surface area contributed by atoms with Gasteiger partial charge in [-0.1, -0.05) is 11.4 Å². The largest absolute Gasteiger partial charge is 0.307 e. The monoisotopic (exact) mass is 279 g/mol. The number of aromatic amines is 1. The first-order chi connectivity index (χ1) is 8.79. The number of carbonyl (C=O) groups excluding carboxylic acids is 1. The predicted octanol–water partition coefficient (Wildman–Crippen LogP) is 2.29.